The fourth-order valence-corrected chi connectivity index (χ4v) is 4.75. The molecular weight excluding hydrogens is 525 g/mol. The number of aryl methyl sites for hydroxylation is 2. The van der Waals surface area contributed by atoms with Crippen LogP contribution < -0.4 is 10.3 Å². The minimum absolute atomic E-state index is 0.0193. The molecule has 1 heterocycles. The van der Waals surface area contributed by atoms with Gasteiger partial charge in [0.05, 0.1) is 18.7 Å². The minimum atomic E-state index is -4.86. The number of pyridine rings is 1. The second-order valence-corrected chi connectivity index (χ2v) is 9.74. The van der Waals surface area contributed by atoms with Gasteiger partial charge in [-0.05, 0) is 84.1 Å². The summed E-state index contributed by atoms with van der Waals surface area (Å²) >= 11 is 0. The Balaban J connectivity index is 1.54. The highest BCUT2D eigenvalue weighted by Crippen LogP contribution is 2.38. The van der Waals surface area contributed by atoms with Gasteiger partial charge in [-0.25, -0.2) is 4.85 Å². The summed E-state index contributed by atoms with van der Waals surface area (Å²) in [7, 11) is 0. The third kappa shape index (κ3) is 5.92. The van der Waals surface area contributed by atoms with Crippen LogP contribution in [0.3, 0.4) is 0 Å². The SMILES string of the molecule is [C-]#[N+]c1c(C(F)(F)F)cc(-c2ccc(Oc3cccc(-c4ccccc4)c3)cc2)n(Cc2ccc(C)cc2C)c1=O. The zero-order chi connectivity index (χ0) is 29.1. The number of ether oxygens (including phenoxy) is 1. The van der Waals surface area contributed by atoms with E-state index in [9.17, 15) is 18.0 Å². The van der Waals surface area contributed by atoms with Gasteiger partial charge in [-0.1, -0.05) is 66.2 Å². The Bertz CT molecular complexity index is 1820. The van der Waals surface area contributed by atoms with Crippen LogP contribution in [0, 0.1) is 20.4 Å². The molecule has 4 nitrogen and oxygen atoms in total. The molecule has 7 heteroatoms. The van der Waals surface area contributed by atoms with Crippen molar-refractivity contribution in [3.8, 4) is 33.9 Å². The molecule has 0 amide bonds. The van der Waals surface area contributed by atoms with Crippen LogP contribution in [0.15, 0.2) is 108 Å². The lowest BCUT2D eigenvalue weighted by molar-refractivity contribution is -0.136. The smallest absolute Gasteiger partial charge is 0.407 e. The van der Waals surface area contributed by atoms with Crippen molar-refractivity contribution < 1.29 is 17.9 Å². The normalized spacial score (nSPS) is 11.2. The van der Waals surface area contributed by atoms with Crippen molar-refractivity contribution in [3.05, 3.63) is 147 Å². The van der Waals surface area contributed by atoms with Crippen molar-refractivity contribution in [2.45, 2.75) is 26.6 Å². The number of hydrogen-bond acceptors (Lipinski definition) is 2. The molecule has 0 spiro atoms. The molecule has 0 saturated heterocycles. The average Bonchev–Trinajstić information content (AvgIpc) is 2.95. The highest BCUT2D eigenvalue weighted by Gasteiger charge is 2.36. The van der Waals surface area contributed by atoms with E-state index in [2.05, 4.69) is 4.85 Å². The Morgan fingerprint density at radius 2 is 1.49 bits per heavy atom. The number of alkyl halides is 3. The highest BCUT2D eigenvalue weighted by atomic mass is 19.4. The summed E-state index contributed by atoms with van der Waals surface area (Å²) in [4.78, 5) is 16.3. The predicted molar refractivity (Wildman–Crippen MR) is 154 cm³/mol. The molecule has 204 valence electrons. The van der Waals surface area contributed by atoms with Crippen molar-refractivity contribution in [1.82, 2.24) is 4.57 Å². The van der Waals surface area contributed by atoms with Crippen molar-refractivity contribution in [3.63, 3.8) is 0 Å². The fourth-order valence-electron chi connectivity index (χ4n) is 4.75. The summed E-state index contributed by atoms with van der Waals surface area (Å²) in [5, 5.41) is 0. The van der Waals surface area contributed by atoms with Gasteiger partial charge in [0.25, 0.3) is 11.2 Å². The third-order valence-corrected chi connectivity index (χ3v) is 6.85. The first kappa shape index (κ1) is 27.5. The molecule has 4 aromatic carbocycles. The molecule has 41 heavy (non-hydrogen) atoms. The summed E-state index contributed by atoms with van der Waals surface area (Å²) in [6.45, 7) is 11.2. The molecule has 5 rings (SSSR count). The Hall–Kier alpha value is -5.09. The standard InChI is InChI=1S/C34H25F3N2O2/c1-22-12-13-27(23(2)18-22)21-39-31(20-30(34(35,36)37)32(38-3)33(39)40)25-14-16-28(17-15-25)41-29-11-7-10-26(19-29)24-8-5-4-6-9-24/h4-20H,21H2,1-2H3. The predicted octanol–water partition coefficient (Wildman–Crippen LogP) is 9.21. The van der Waals surface area contributed by atoms with Gasteiger partial charge in [0, 0.05) is 5.69 Å². The Kier molecular flexibility index (Phi) is 7.50. The summed E-state index contributed by atoms with van der Waals surface area (Å²) in [5.41, 5.74) is 1.99. The van der Waals surface area contributed by atoms with E-state index < -0.39 is 23.0 Å². The zero-order valence-electron chi connectivity index (χ0n) is 22.4. The lowest BCUT2D eigenvalue weighted by Crippen LogP contribution is -2.25. The van der Waals surface area contributed by atoms with Crippen LogP contribution in [0.4, 0.5) is 18.9 Å². The summed E-state index contributed by atoms with van der Waals surface area (Å²) in [6.07, 6.45) is -4.86. The van der Waals surface area contributed by atoms with Crippen LogP contribution in [0.25, 0.3) is 27.2 Å². The van der Waals surface area contributed by atoms with E-state index in [0.717, 1.165) is 33.9 Å². The Morgan fingerprint density at radius 3 is 2.15 bits per heavy atom. The van der Waals surface area contributed by atoms with Gasteiger partial charge in [0.2, 0.25) is 0 Å². The van der Waals surface area contributed by atoms with Crippen LogP contribution in [-0.2, 0) is 12.7 Å². The lowest BCUT2D eigenvalue weighted by atomic mass is 10.0. The molecule has 0 unspecified atom stereocenters. The van der Waals surface area contributed by atoms with Gasteiger partial charge < -0.3 is 9.30 Å². The summed E-state index contributed by atoms with van der Waals surface area (Å²) in [5.74, 6) is 1.09. The number of rotatable bonds is 6. The van der Waals surface area contributed by atoms with Crippen LogP contribution in [0.2, 0.25) is 0 Å². The highest BCUT2D eigenvalue weighted by molar-refractivity contribution is 5.67. The third-order valence-electron chi connectivity index (χ3n) is 6.85. The molecule has 1 aromatic heterocycles. The number of nitrogens with zero attached hydrogens (tertiary/aromatic N) is 2. The molecule has 5 aromatic rings. The first-order valence-corrected chi connectivity index (χ1v) is 12.9. The van der Waals surface area contributed by atoms with E-state index in [1.54, 1.807) is 24.3 Å². The summed E-state index contributed by atoms with van der Waals surface area (Å²) < 4.78 is 49.1. The summed E-state index contributed by atoms with van der Waals surface area (Å²) in [6, 6.07) is 30.5. The minimum Gasteiger partial charge on any atom is -0.457 e. The molecule has 0 N–H and O–H groups in total. The zero-order valence-corrected chi connectivity index (χ0v) is 22.4. The quantitative estimate of drug-likeness (QED) is 0.198. The number of hydrogen-bond donors (Lipinski definition) is 0. The van der Waals surface area contributed by atoms with Crippen molar-refractivity contribution in [2.75, 3.05) is 0 Å². The molecule has 0 aliphatic rings. The van der Waals surface area contributed by atoms with Crippen LogP contribution in [-0.4, -0.2) is 4.57 Å². The number of halogens is 3. The van der Waals surface area contributed by atoms with Crippen molar-refractivity contribution >= 4 is 5.69 Å². The molecule has 0 fully saturated rings. The Morgan fingerprint density at radius 1 is 0.780 bits per heavy atom. The van der Waals surface area contributed by atoms with Crippen molar-refractivity contribution in [1.29, 1.82) is 0 Å². The van der Waals surface area contributed by atoms with E-state index in [-0.39, 0.29) is 12.2 Å². The second-order valence-electron chi connectivity index (χ2n) is 9.74. The van der Waals surface area contributed by atoms with Gasteiger partial charge in [-0.3, -0.25) is 4.79 Å². The van der Waals surface area contributed by atoms with Gasteiger partial charge >= 0.3 is 6.18 Å². The van der Waals surface area contributed by atoms with Crippen LogP contribution in [0.1, 0.15) is 22.3 Å². The fraction of sp³-hybridized carbons (Fsp3) is 0.118. The van der Waals surface area contributed by atoms with Gasteiger partial charge in [0.15, 0.2) is 0 Å². The van der Waals surface area contributed by atoms with E-state index in [0.29, 0.717) is 17.1 Å². The molecular formula is C34H25F3N2O2. The van der Waals surface area contributed by atoms with E-state index in [4.69, 9.17) is 11.3 Å². The van der Waals surface area contributed by atoms with E-state index >= 15 is 0 Å². The molecule has 0 radical (unpaired) electrons. The molecule has 0 atom stereocenters. The van der Waals surface area contributed by atoms with Crippen LogP contribution in [0.5, 0.6) is 11.5 Å². The Labute approximate surface area is 235 Å². The number of benzene rings is 4. The first-order chi connectivity index (χ1) is 19.6. The monoisotopic (exact) mass is 550 g/mol. The van der Waals surface area contributed by atoms with Gasteiger partial charge in [-0.15, -0.1) is 0 Å². The molecule has 0 saturated carbocycles. The van der Waals surface area contributed by atoms with E-state index in [1.165, 1.54) is 4.57 Å². The maximum atomic E-state index is 13.9. The van der Waals surface area contributed by atoms with Crippen molar-refractivity contribution in [2.24, 2.45) is 0 Å². The number of aromatic nitrogens is 1. The van der Waals surface area contributed by atoms with Gasteiger partial charge in [0.1, 0.15) is 11.5 Å². The van der Waals surface area contributed by atoms with Crippen LogP contribution >= 0.6 is 0 Å². The van der Waals surface area contributed by atoms with E-state index in [1.807, 2.05) is 86.6 Å². The second kappa shape index (κ2) is 11.2. The molecule has 0 bridgehead atoms. The molecule has 0 aliphatic carbocycles. The van der Waals surface area contributed by atoms with Gasteiger partial charge in [-0.2, -0.15) is 13.2 Å². The maximum Gasteiger partial charge on any atom is 0.407 e. The average molecular weight is 551 g/mol. The topological polar surface area (TPSA) is 35.6 Å². The largest absolute Gasteiger partial charge is 0.457 e. The first-order valence-electron chi connectivity index (χ1n) is 12.9. The molecule has 0 aliphatic heterocycles. The lowest BCUT2D eigenvalue weighted by Gasteiger charge is -2.19. The maximum absolute atomic E-state index is 13.9.